The molecule has 11 heteroatoms. The van der Waals surface area contributed by atoms with Crippen molar-refractivity contribution < 1.29 is 18.0 Å². The summed E-state index contributed by atoms with van der Waals surface area (Å²) in [5.41, 5.74) is 2.28. The van der Waals surface area contributed by atoms with Gasteiger partial charge in [-0.05, 0) is 54.3 Å². The van der Waals surface area contributed by atoms with E-state index in [-0.39, 0.29) is 24.6 Å². The predicted octanol–water partition coefficient (Wildman–Crippen LogP) is 5.89. The van der Waals surface area contributed by atoms with E-state index in [1.807, 2.05) is 37.3 Å². The molecular formula is C29H32Cl3N3O4S. The van der Waals surface area contributed by atoms with Crippen LogP contribution in [0.5, 0.6) is 0 Å². The summed E-state index contributed by atoms with van der Waals surface area (Å²) in [5, 5.41) is 3.92. The Bertz CT molecular complexity index is 1450. The molecular weight excluding hydrogens is 593 g/mol. The fourth-order valence-corrected chi connectivity index (χ4v) is 5.61. The zero-order valence-corrected chi connectivity index (χ0v) is 25.6. The number of rotatable bonds is 12. The maximum Gasteiger partial charge on any atom is 0.244 e. The molecule has 40 heavy (non-hydrogen) atoms. The second-order valence-corrected chi connectivity index (χ2v) is 12.5. The smallest absolute Gasteiger partial charge is 0.244 e. The van der Waals surface area contributed by atoms with E-state index >= 15 is 0 Å². The first-order valence-corrected chi connectivity index (χ1v) is 15.7. The van der Waals surface area contributed by atoms with Crippen LogP contribution in [0, 0.1) is 6.92 Å². The molecule has 7 nitrogen and oxygen atoms in total. The zero-order valence-electron chi connectivity index (χ0n) is 22.5. The van der Waals surface area contributed by atoms with Crippen LogP contribution in [0.3, 0.4) is 0 Å². The van der Waals surface area contributed by atoms with Gasteiger partial charge in [0, 0.05) is 24.5 Å². The number of nitrogens with one attached hydrogen (secondary N) is 1. The molecule has 0 aromatic heterocycles. The largest absolute Gasteiger partial charge is 0.354 e. The van der Waals surface area contributed by atoms with E-state index in [0.717, 1.165) is 16.1 Å². The van der Waals surface area contributed by atoms with Crippen molar-refractivity contribution in [1.29, 1.82) is 0 Å². The highest BCUT2D eigenvalue weighted by atomic mass is 35.5. The lowest BCUT2D eigenvalue weighted by Gasteiger charge is -2.34. The van der Waals surface area contributed by atoms with Crippen LogP contribution in [0.1, 0.15) is 30.0 Å². The quantitative estimate of drug-likeness (QED) is 0.272. The highest BCUT2D eigenvalue weighted by molar-refractivity contribution is 7.92. The van der Waals surface area contributed by atoms with E-state index in [9.17, 15) is 18.0 Å². The number of hydrogen-bond donors (Lipinski definition) is 1. The molecule has 0 aliphatic rings. The number of amides is 2. The first-order valence-electron chi connectivity index (χ1n) is 12.7. The summed E-state index contributed by atoms with van der Waals surface area (Å²) < 4.78 is 26.9. The van der Waals surface area contributed by atoms with Crippen molar-refractivity contribution in [2.24, 2.45) is 0 Å². The maximum atomic E-state index is 14.1. The molecule has 1 N–H and O–H groups in total. The highest BCUT2D eigenvalue weighted by Crippen LogP contribution is 2.29. The third-order valence-electron chi connectivity index (χ3n) is 6.34. The summed E-state index contributed by atoms with van der Waals surface area (Å²) >= 11 is 18.6. The summed E-state index contributed by atoms with van der Waals surface area (Å²) in [7, 11) is -3.90. The van der Waals surface area contributed by atoms with E-state index in [0.29, 0.717) is 39.2 Å². The van der Waals surface area contributed by atoms with E-state index in [2.05, 4.69) is 5.32 Å². The zero-order chi connectivity index (χ0) is 29.4. The SMILES string of the molecule is CCCNC(=O)[C@@H](Cc1ccccc1)N(Cc1ccc(Cl)c(Cl)c1)C(=O)CN(c1cccc(Cl)c1C)S(C)(=O)=O. The first-order chi connectivity index (χ1) is 18.9. The molecule has 214 valence electrons. The summed E-state index contributed by atoms with van der Waals surface area (Å²) in [6, 6.07) is 18.2. The van der Waals surface area contributed by atoms with Gasteiger partial charge in [-0.25, -0.2) is 8.42 Å². The van der Waals surface area contributed by atoms with Crippen molar-refractivity contribution >= 4 is 62.3 Å². The molecule has 0 aliphatic carbocycles. The number of nitrogens with zero attached hydrogens (tertiary/aromatic N) is 2. The Hall–Kier alpha value is -2.78. The van der Waals surface area contributed by atoms with Gasteiger partial charge in [0.15, 0.2) is 0 Å². The van der Waals surface area contributed by atoms with Gasteiger partial charge in [-0.15, -0.1) is 0 Å². The van der Waals surface area contributed by atoms with Crippen LogP contribution in [-0.4, -0.2) is 50.5 Å². The number of carbonyl (C=O) groups is 2. The Morgan fingerprint density at radius 3 is 2.23 bits per heavy atom. The molecule has 0 fully saturated rings. The third kappa shape index (κ3) is 8.36. The molecule has 3 rings (SSSR count). The number of halogens is 3. The minimum Gasteiger partial charge on any atom is -0.354 e. The third-order valence-corrected chi connectivity index (χ3v) is 8.62. The summed E-state index contributed by atoms with van der Waals surface area (Å²) in [5.74, 6) is -0.910. The average Bonchev–Trinajstić information content (AvgIpc) is 2.91. The maximum absolute atomic E-state index is 14.1. The minimum atomic E-state index is -3.90. The van der Waals surface area contributed by atoms with Gasteiger partial charge in [0.1, 0.15) is 12.6 Å². The Labute approximate surface area is 251 Å². The van der Waals surface area contributed by atoms with Crippen LogP contribution in [-0.2, 0) is 32.6 Å². The molecule has 0 unspecified atom stereocenters. The second-order valence-electron chi connectivity index (χ2n) is 9.42. The molecule has 0 bridgehead atoms. The predicted molar refractivity (Wildman–Crippen MR) is 163 cm³/mol. The molecule has 1 atom stereocenters. The van der Waals surface area contributed by atoms with Gasteiger partial charge >= 0.3 is 0 Å². The van der Waals surface area contributed by atoms with Gasteiger partial charge in [0.2, 0.25) is 21.8 Å². The molecule has 3 aromatic rings. The summed E-state index contributed by atoms with van der Waals surface area (Å²) in [6.07, 6.45) is 1.96. The van der Waals surface area contributed by atoms with Crippen LogP contribution in [0.25, 0.3) is 0 Å². The molecule has 0 spiro atoms. The minimum absolute atomic E-state index is 0.00109. The average molecular weight is 625 g/mol. The van der Waals surface area contributed by atoms with Crippen molar-refractivity contribution in [3.05, 3.63) is 98.5 Å². The van der Waals surface area contributed by atoms with E-state index < -0.39 is 28.5 Å². The van der Waals surface area contributed by atoms with Gasteiger partial charge in [0.25, 0.3) is 0 Å². The molecule has 0 aliphatic heterocycles. The Kier molecular flexibility index (Phi) is 11.3. The number of anilines is 1. The van der Waals surface area contributed by atoms with Crippen molar-refractivity contribution in [3.8, 4) is 0 Å². The molecule has 0 saturated heterocycles. The van der Waals surface area contributed by atoms with Gasteiger partial charge in [-0.2, -0.15) is 0 Å². The topological polar surface area (TPSA) is 86.8 Å². The van der Waals surface area contributed by atoms with Crippen molar-refractivity contribution in [2.75, 3.05) is 23.7 Å². The normalized spacial score (nSPS) is 12.1. The summed E-state index contributed by atoms with van der Waals surface area (Å²) in [6.45, 7) is 3.51. The lowest BCUT2D eigenvalue weighted by molar-refractivity contribution is -0.140. The number of hydrogen-bond acceptors (Lipinski definition) is 4. The first kappa shape index (κ1) is 31.7. The standard InChI is InChI=1S/C29H32Cl3N3O4S/c1-4-15-33-29(37)27(17-21-9-6-5-7-10-21)34(18-22-13-14-24(31)25(32)16-22)28(36)19-35(40(3,38)39)26-12-8-11-23(30)20(26)2/h5-14,16,27H,4,15,17-19H2,1-3H3,(H,33,37)/t27-/m1/s1. The van der Waals surface area contributed by atoms with Gasteiger partial charge in [-0.1, -0.05) is 84.2 Å². The molecule has 0 heterocycles. The number of benzene rings is 3. The van der Waals surface area contributed by atoms with Crippen LogP contribution >= 0.6 is 34.8 Å². The molecule has 0 radical (unpaired) electrons. The number of sulfonamides is 1. The molecule has 2 amide bonds. The van der Waals surface area contributed by atoms with Gasteiger partial charge in [0.05, 0.1) is 22.0 Å². The van der Waals surface area contributed by atoms with Gasteiger partial charge in [-0.3, -0.25) is 13.9 Å². The van der Waals surface area contributed by atoms with E-state index in [4.69, 9.17) is 34.8 Å². The Balaban J connectivity index is 2.09. The fraction of sp³-hybridized carbons (Fsp3) is 0.310. The number of carbonyl (C=O) groups excluding carboxylic acids is 2. The van der Waals surface area contributed by atoms with Crippen molar-refractivity contribution in [2.45, 2.75) is 39.3 Å². The molecule has 3 aromatic carbocycles. The van der Waals surface area contributed by atoms with E-state index in [1.54, 1.807) is 43.3 Å². The second kappa shape index (κ2) is 14.2. The van der Waals surface area contributed by atoms with Crippen LogP contribution in [0.15, 0.2) is 66.7 Å². The van der Waals surface area contributed by atoms with Crippen molar-refractivity contribution in [1.82, 2.24) is 10.2 Å². The van der Waals surface area contributed by atoms with Crippen LogP contribution in [0.2, 0.25) is 15.1 Å². The monoisotopic (exact) mass is 623 g/mol. The summed E-state index contributed by atoms with van der Waals surface area (Å²) in [4.78, 5) is 29.0. The Morgan fingerprint density at radius 2 is 1.60 bits per heavy atom. The Morgan fingerprint density at radius 1 is 0.900 bits per heavy atom. The highest BCUT2D eigenvalue weighted by Gasteiger charge is 2.33. The van der Waals surface area contributed by atoms with Crippen LogP contribution < -0.4 is 9.62 Å². The fourth-order valence-electron chi connectivity index (χ4n) is 4.22. The van der Waals surface area contributed by atoms with Gasteiger partial charge < -0.3 is 10.2 Å². The lowest BCUT2D eigenvalue weighted by atomic mass is 10.0. The molecule has 0 saturated carbocycles. The van der Waals surface area contributed by atoms with Crippen LogP contribution in [0.4, 0.5) is 5.69 Å². The van der Waals surface area contributed by atoms with E-state index in [1.165, 1.54) is 4.90 Å². The lowest BCUT2D eigenvalue weighted by Crippen LogP contribution is -2.53. The van der Waals surface area contributed by atoms with Crippen molar-refractivity contribution in [3.63, 3.8) is 0 Å².